The lowest BCUT2D eigenvalue weighted by Gasteiger charge is -2.36. The highest BCUT2D eigenvalue weighted by Crippen LogP contribution is 2.23. The summed E-state index contributed by atoms with van der Waals surface area (Å²) >= 11 is 0. The van der Waals surface area contributed by atoms with Gasteiger partial charge in [-0.05, 0) is 50.5 Å². The van der Waals surface area contributed by atoms with Crippen molar-refractivity contribution in [1.29, 1.82) is 0 Å². The lowest BCUT2D eigenvalue weighted by molar-refractivity contribution is 0.570. The summed E-state index contributed by atoms with van der Waals surface area (Å²) in [5.41, 5.74) is 2.90. The van der Waals surface area contributed by atoms with Gasteiger partial charge in [0.2, 0.25) is 0 Å². The Morgan fingerprint density at radius 2 is 1.17 bits per heavy atom. The van der Waals surface area contributed by atoms with Crippen LogP contribution in [0, 0.1) is 6.92 Å². The van der Waals surface area contributed by atoms with E-state index >= 15 is 0 Å². The molecule has 29 heavy (non-hydrogen) atoms. The topological polar surface area (TPSA) is 61.3 Å². The number of para-hydroxylation sites is 2. The minimum Gasteiger partial charge on any atom is -0.355 e. The Labute approximate surface area is 171 Å². The number of aromatic nitrogens is 4. The third-order valence-corrected chi connectivity index (χ3v) is 5.94. The van der Waals surface area contributed by atoms with Crippen molar-refractivity contribution in [2.75, 3.05) is 54.0 Å². The fraction of sp³-hybridized carbons (Fsp3) is 0.455. The average molecular weight is 390 g/mol. The van der Waals surface area contributed by atoms with Gasteiger partial charge in [-0.15, -0.1) is 10.2 Å². The molecule has 7 heteroatoms. The number of piperazine rings is 1. The van der Waals surface area contributed by atoms with E-state index in [1.807, 2.05) is 31.2 Å². The first kappa shape index (κ1) is 18.1. The van der Waals surface area contributed by atoms with Gasteiger partial charge in [0.05, 0.1) is 16.7 Å². The molecule has 7 nitrogen and oxygen atoms in total. The van der Waals surface area contributed by atoms with E-state index in [9.17, 15) is 0 Å². The molecule has 4 heterocycles. The van der Waals surface area contributed by atoms with E-state index in [-0.39, 0.29) is 0 Å². The molecule has 2 aliphatic rings. The van der Waals surface area contributed by atoms with Crippen LogP contribution in [-0.2, 0) is 0 Å². The molecule has 2 aliphatic heterocycles. The van der Waals surface area contributed by atoms with Gasteiger partial charge in [-0.25, -0.2) is 9.97 Å². The molecule has 0 saturated carbocycles. The molecule has 0 unspecified atom stereocenters. The molecule has 0 bridgehead atoms. The number of benzene rings is 1. The summed E-state index contributed by atoms with van der Waals surface area (Å²) in [6, 6.07) is 12.3. The van der Waals surface area contributed by atoms with Gasteiger partial charge >= 0.3 is 0 Å². The van der Waals surface area contributed by atoms with Crippen LogP contribution < -0.4 is 14.7 Å². The van der Waals surface area contributed by atoms with Crippen molar-refractivity contribution in [3.63, 3.8) is 0 Å². The van der Waals surface area contributed by atoms with Crippen molar-refractivity contribution in [3.05, 3.63) is 42.1 Å². The van der Waals surface area contributed by atoms with E-state index in [1.54, 1.807) is 0 Å². The Morgan fingerprint density at radius 1 is 0.621 bits per heavy atom. The number of hydrogen-bond donors (Lipinski definition) is 0. The van der Waals surface area contributed by atoms with Gasteiger partial charge < -0.3 is 14.7 Å². The fourth-order valence-corrected chi connectivity index (χ4v) is 4.30. The van der Waals surface area contributed by atoms with E-state index in [4.69, 9.17) is 9.97 Å². The minimum atomic E-state index is 0.906. The molecule has 3 aromatic rings. The zero-order chi connectivity index (χ0) is 19.6. The molecular formula is C22H27N7. The van der Waals surface area contributed by atoms with Crippen LogP contribution in [0.4, 0.5) is 17.5 Å². The summed E-state index contributed by atoms with van der Waals surface area (Å²) in [6.45, 7) is 7.87. The zero-order valence-electron chi connectivity index (χ0n) is 17.0. The maximum Gasteiger partial charge on any atom is 0.151 e. The van der Waals surface area contributed by atoms with Gasteiger partial charge in [-0.3, -0.25) is 0 Å². The SMILES string of the molecule is Cc1nc2ccccc2nc1N1CCN(c2ccc(N3CCCCC3)nn2)CC1. The highest BCUT2D eigenvalue weighted by Gasteiger charge is 2.22. The van der Waals surface area contributed by atoms with Crippen LogP contribution in [0.25, 0.3) is 11.0 Å². The second-order valence-electron chi connectivity index (χ2n) is 7.89. The van der Waals surface area contributed by atoms with Crippen LogP contribution in [0.3, 0.4) is 0 Å². The number of hydrogen-bond acceptors (Lipinski definition) is 7. The molecule has 0 radical (unpaired) electrons. The van der Waals surface area contributed by atoms with Crippen LogP contribution in [0.2, 0.25) is 0 Å². The standard InChI is InChI=1S/C22H27N7/c1-17-22(24-19-8-4-3-7-18(19)23-17)29-15-13-28(14-16-29)21-10-9-20(25-26-21)27-11-5-2-6-12-27/h3-4,7-10H,2,5-6,11-16H2,1H3. The number of nitrogens with zero attached hydrogens (tertiary/aromatic N) is 7. The van der Waals surface area contributed by atoms with Gasteiger partial charge in [-0.2, -0.15) is 0 Å². The summed E-state index contributed by atoms with van der Waals surface area (Å²) in [5, 5.41) is 9.02. The molecule has 0 amide bonds. The second kappa shape index (κ2) is 7.81. The second-order valence-corrected chi connectivity index (χ2v) is 7.89. The van der Waals surface area contributed by atoms with E-state index in [2.05, 4.69) is 37.0 Å². The third kappa shape index (κ3) is 3.69. The molecule has 0 aliphatic carbocycles. The third-order valence-electron chi connectivity index (χ3n) is 5.94. The van der Waals surface area contributed by atoms with E-state index in [0.717, 1.165) is 73.4 Å². The van der Waals surface area contributed by atoms with Gasteiger partial charge in [0.15, 0.2) is 17.5 Å². The number of aryl methyl sites for hydroxylation is 1. The molecule has 0 spiro atoms. The quantitative estimate of drug-likeness (QED) is 0.682. The lowest BCUT2D eigenvalue weighted by Crippen LogP contribution is -2.47. The van der Waals surface area contributed by atoms with Gasteiger partial charge in [0.25, 0.3) is 0 Å². The summed E-state index contributed by atoms with van der Waals surface area (Å²) in [5.74, 6) is 2.97. The van der Waals surface area contributed by atoms with Crippen molar-refractivity contribution in [2.24, 2.45) is 0 Å². The Bertz CT molecular complexity index is 974. The van der Waals surface area contributed by atoms with Crippen molar-refractivity contribution in [2.45, 2.75) is 26.2 Å². The van der Waals surface area contributed by atoms with E-state index < -0.39 is 0 Å². The lowest BCUT2D eigenvalue weighted by atomic mass is 10.1. The average Bonchev–Trinajstić information content (AvgIpc) is 2.79. The molecule has 0 N–H and O–H groups in total. The Morgan fingerprint density at radius 3 is 1.79 bits per heavy atom. The van der Waals surface area contributed by atoms with Crippen LogP contribution >= 0.6 is 0 Å². The van der Waals surface area contributed by atoms with Crippen LogP contribution in [0.15, 0.2) is 36.4 Å². The molecule has 2 aromatic heterocycles. The summed E-state index contributed by atoms with van der Waals surface area (Å²) < 4.78 is 0. The van der Waals surface area contributed by atoms with E-state index in [0.29, 0.717) is 0 Å². The number of piperidine rings is 1. The number of rotatable bonds is 3. The van der Waals surface area contributed by atoms with Crippen LogP contribution in [-0.4, -0.2) is 59.4 Å². The highest BCUT2D eigenvalue weighted by atomic mass is 15.4. The zero-order valence-corrected chi connectivity index (χ0v) is 17.0. The van der Waals surface area contributed by atoms with Crippen molar-refractivity contribution in [3.8, 4) is 0 Å². The summed E-state index contributed by atoms with van der Waals surface area (Å²) in [4.78, 5) is 16.6. The Hall–Kier alpha value is -2.96. The number of anilines is 3. The minimum absolute atomic E-state index is 0.906. The molecule has 0 atom stereocenters. The number of fused-ring (bicyclic) bond motifs is 1. The maximum absolute atomic E-state index is 4.87. The Kier molecular flexibility index (Phi) is 4.87. The van der Waals surface area contributed by atoms with Gasteiger partial charge in [0, 0.05) is 39.3 Å². The maximum atomic E-state index is 4.87. The monoisotopic (exact) mass is 389 g/mol. The predicted molar refractivity (Wildman–Crippen MR) is 117 cm³/mol. The molecule has 2 fully saturated rings. The van der Waals surface area contributed by atoms with Gasteiger partial charge in [0.1, 0.15) is 0 Å². The van der Waals surface area contributed by atoms with Crippen LogP contribution in [0.1, 0.15) is 25.0 Å². The van der Waals surface area contributed by atoms with Crippen molar-refractivity contribution < 1.29 is 0 Å². The first-order chi connectivity index (χ1) is 14.3. The molecule has 2 saturated heterocycles. The molecule has 150 valence electrons. The largest absolute Gasteiger partial charge is 0.355 e. The first-order valence-electron chi connectivity index (χ1n) is 10.6. The van der Waals surface area contributed by atoms with Crippen molar-refractivity contribution in [1.82, 2.24) is 20.2 Å². The van der Waals surface area contributed by atoms with Crippen molar-refractivity contribution >= 4 is 28.5 Å². The smallest absolute Gasteiger partial charge is 0.151 e. The molecular weight excluding hydrogens is 362 g/mol. The Balaban J connectivity index is 1.26. The first-order valence-corrected chi connectivity index (χ1v) is 10.6. The fourth-order valence-electron chi connectivity index (χ4n) is 4.30. The normalized spacial score (nSPS) is 17.8. The molecule has 1 aromatic carbocycles. The summed E-state index contributed by atoms with van der Waals surface area (Å²) in [7, 11) is 0. The summed E-state index contributed by atoms with van der Waals surface area (Å²) in [6.07, 6.45) is 3.83. The van der Waals surface area contributed by atoms with Crippen LogP contribution in [0.5, 0.6) is 0 Å². The predicted octanol–water partition coefficient (Wildman–Crippen LogP) is 3.05. The molecule has 5 rings (SSSR count). The highest BCUT2D eigenvalue weighted by molar-refractivity contribution is 5.76. The van der Waals surface area contributed by atoms with Gasteiger partial charge in [-0.1, -0.05) is 12.1 Å². The van der Waals surface area contributed by atoms with E-state index in [1.165, 1.54) is 19.3 Å².